The second-order valence-electron chi connectivity index (χ2n) is 7.04. The molecule has 21 heavy (non-hydrogen) atoms. The van der Waals surface area contributed by atoms with Gasteiger partial charge < -0.3 is 10.4 Å². The van der Waals surface area contributed by atoms with Crippen LogP contribution in [-0.2, 0) is 0 Å². The van der Waals surface area contributed by atoms with Crippen LogP contribution in [0.1, 0.15) is 70.6 Å². The number of allylic oxidation sites excluding steroid dienone is 2. The van der Waals surface area contributed by atoms with Gasteiger partial charge >= 0.3 is 0 Å². The average molecular weight is 291 g/mol. The van der Waals surface area contributed by atoms with Gasteiger partial charge in [-0.3, -0.25) is 0 Å². The van der Waals surface area contributed by atoms with E-state index in [1.165, 1.54) is 38.5 Å². The number of hydrogen-bond acceptors (Lipinski definition) is 2. The molecule has 1 spiro atoms. The van der Waals surface area contributed by atoms with Gasteiger partial charge in [-0.15, -0.1) is 13.2 Å². The van der Waals surface area contributed by atoms with Crippen LogP contribution in [-0.4, -0.2) is 22.8 Å². The van der Waals surface area contributed by atoms with Crippen molar-refractivity contribution >= 4 is 0 Å². The molecular formula is C19H33NO. The fraction of sp³-hybridized carbons (Fsp3) is 0.789. The van der Waals surface area contributed by atoms with Crippen LogP contribution in [0.15, 0.2) is 25.3 Å². The second kappa shape index (κ2) is 8.14. The fourth-order valence-corrected chi connectivity index (χ4v) is 4.58. The lowest BCUT2D eigenvalue weighted by Crippen LogP contribution is -2.62. The van der Waals surface area contributed by atoms with Crippen LogP contribution in [0.3, 0.4) is 0 Å². The summed E-state index contributed by atoms with van der Waals surface area (Å²) < 4.78 is 0. The van der Waals surface area contributed by atoms with E-state index in [4.69, 9.17) is 0 Å². The van der Waals surface area contributed by atoms with Crippen molar-refractivity contribution < 1.29 is 5.11 Å². The molecule has 0 radical (unpaired) electrons. The van der Waals surface area contributed by atoms with Gasteiger partial charge in [-0.25, -0.2) is 0 Å². The molecule has 2 heteroatoms. The predicted molar refractivity (Wildman–Crippen MR) is 90.3 cm³/mol. The van der Waals surface area contributed by atoms with Crippen molar-refractivity contribution in [3.63, 3.8) is 0 Å². The molecule has 1 heterocycles. The molecule has 2 aliphatic rings. The normalized spacial score (nSPS) is 36.5. The van der Waals surface area contributed by atoms with Gasteiger partial charge in [0.1, 0.15) is 0 Å². The van der Waals surface area contributed by atoms with Crippen molar-refractivity contribution in [1.82, 2.24) is 5.32 Å². The lowest BCUT2D eigenvalue weighted by atomic mass is 9.65. The molecule has 4 unspecified atom stereocenters. The summed E-state index contributed by atoms with van der Waals surface area (Å²) in [5.74, 6) is 0.409. The summed E-state index contributed by atoms with van der Waals surface area (Å²) in [4.78, 5) is 0. The highest BCUT2D eigenvalue weighted by Gasteiger charge is 2.46. The molecule has 1 saturated carbocycles. The quantitative estimate of drug-likeness (QED) is 0.540. The first kappa shape index (κ1) is 16.8. The van der Waals surface area contributed by atoms with Crippen LogP contribution >= 0.6 is 0 Å². The van der Waals surface area contributed by atoms with E-state index in [2.05, 4.69) is 18.5 Å². The Morgan fingerprint density at radius 2 is 1.76 bits per heavy atom. The van der Waals surface area contributed by atoms with Crippen molar-refractivity contribution in [3.8, 4) is 0 Å². The van der Waals surface area contributed by atoms with Crippen molar-refractivity contribution in [2.75, 3.05) is 0 Å². The highest BCUT2D eigenvalue weighted by atomic mass is 16.3. The Bertz CT molecular complexity index is 336. The minimum atomic E-state index is -0.127. The Hall–Kier alpha value is -0.600. The zero-order valence-corrected chi connectivity index (χ0v) is 13.5. The van der Waals surface area contributed by atoms with Crippen molar-refractivity contribution in [3.05, 3.63) is 25.3 Å². The van der Waals surface area contributed by atoms with Crippen LogP contribution < -0.4 is 5.32 Å². The molecule has 2 rings (SSSR count). The molecule has 0 aromatic rings. The average Bonchev–Trinajstić information content (AvgIpc) is 2.47. The third kappa shape index (κ3) is 4.20. The molecular weight excluding hydrogens is 258 g/mol. The van der Waals surface area contributed by atoms with E-state index in [0.29, 0.717) is 12.0 Å². The van der Waals surface area contributed by atoms with Gasteiger partial charge in [0.25, 0.3) is 0 Å². The van der Waals surface area contributed by atoms with Gasteiger partial charge in [-0.1, -0.05) is 18.6 Å². The molecule has 2 N–H and O–H groups in total. The molecule has 0 bridgehead atoms. The summed E-state index contributed by atoms with van der Waals surface area (Å²) in [6.07, 6.45) is 16.8. The number of unbranched alkanes of at least 4 members (excludes halogenated alkanes) is 1. The lowest BCUT2D eigenvalue weighted by molar-refractivity contribution is -0.0243. The summed E-state index contributed by atoms with van der Waals surface area (Å²) in [6, 6.07) is 0.634. The maximum atomic E-state index is 10.5. The number of piperidine rings is 1. The van der Waals surface area contributed by atoms with Gasteiger partial charge in [-0.05, 0) is 64.2 Å². The second-order valence-corrected chi connectivity index (χ2v) is 7.04. The highest BCUT2D eigenvalue weighted by Crippen LogP contribution is 2.43. The zero-order chi connectivity index (χ0) is 15.1. The summed E-state index contributed by atoms with van der Waals surface area (Å²) in [5.41, 5.74) is 0.192. The van der Waals surface area contributed by atoms with E-state index < -0.39 is 0 Å². The molecule has 4 atom stereocenters. The number of aliphatic hydroxyl groups excluding tert-OH is 1. The minimum Gasteiger partial charge on any atom is -0.393 e. The molecule has 1 saturated heterocycles. The van der Waals surface area contributed by atoms with E-state index in [1.54, 1.807) is 0 Å². The summed E-state index contributed by atoms with van der Waals surface area (Å²) >= 11 is 0. The van der Waals surface area contributed by atoms with Gasteiger partial charge in [0, 0.05) is 17.5 Å². The Labute approximate surface area is 130 Å². The largest absolute Gasteiger partial charge is 0.393 e. The third-order valence-electron chi connectivity index (χ3n) is 5.61. The number of hydrogen-bond donors (Lipinski definition) is 2. The van der Waals surface area contributed by atoms with Crippen molar-refractivity contribution in [2.24, 2.45) is 5.92 Å². The topological polar surface area (TPSA) is 32.3 Å². The maximum absolute atomic E-state index is 10.5. The highest BCUT2D eigenvalue weighted by molar-refractivity contribution is 5.04. The maximum Gasteiger partial charge on any atom is 0.0586 e. The smallest absolute Gasteiger partial charge is 0.0586 e. The minimum absolute atomic E-state index is 0.127. The fourth-order valence-electron chi connectivity index (χ4n) is 4.58. The summed E-state index contributed by atoms with van der Waals surface area (Å²) in [5, 5.41) is 14.5. The first-order chi connectivity index (χ1) is 10.2. The molecule has 2 fully saturated rings. The first-order valence-electron chi connectivity index (χ1n) is 8.89. The van der Waals surface area contributed by atoms with E-state index in [0.717, 1.165) is 32.1 Å². The number of nitrogens with one attached hydrogen (secondary N) is 1. The predicted octanol–water partition coefficient (Wildman–Crippen LogP) is 4.35. The molecule has 0 amide bonds. The Morgan fingerprint density at radius 1 is 1.05 bits per heavy atom. The SMILES string of the molecule is C=CCCCC1CCCC2(CCCC(O)C2CCC=C)N1. The first-order valence-corrected chi connectivity index (χ1v) is 8.89. The van der Waals surface area contributed by atoms with Crippen LogP contribution in [0.2, 0.25) is 0 Å². The van der Waals surface area contributed by atoms with Gasteiger partial charge in [0.05, 0.1) is 6.10 Å². The van der Waals surface area contributed by atoms with Crippen LogP contribution in [0.4, 0.5) is 0 Å². The molecule has 0 aromatic carbocycles. The Kier molecular flexibility index (Phi) is 6.50. The Balaban J connectivity index is 2.01. The summed E-state index contributed by atoms with van der Waals surface area (Å²) in [6.45, 7) is 7.68. The third-order valence-corrected chi connectivity index (χ3v) is 5.61. The monoisotopic (exact) mass is 291 g/mol. The van der Waals surface area contributed by atoms with Gasteiger partial charge in [0.2, 0.25) is 0 Å². The van der Waals surface area contributed by atoms with Crippen LogP contribution in [0.5, 0.6) is 0 Å². The molecule has 1 aliphatic heterocycles. The van der Waals surface area contributed by atoms with E-state index in [1.807, 2.05) is 12.2 Å². The van der Waals surface area contributed by atoms with Gasteiger partial charge in [0.15, 0.2) is 0 Å². The van der Waals surface area contributed by atoms with E-state index >= 15 is 0 Å². The molecule has 1 aliphatic carbocycles. The van der Waals surface area contributed by atoms with E-state index in [9.17, 15) is 5.11 Å². The number of rotatable bonds is 7. The number of aliphatic hydroxyl groups is 1. The van der Waals surface area contributed by atoms with Crippen LogP contribution in [0.25, 0.3) is 0 Å². The zero-order valence-electron chi connectivity index (χ0n) is 13.5. The van der Waals surface area contributed by atoms with Crippen LogP contribution in [0, 0.1) is 5.92 Å². The standard InChI is InChI=1S/C19H33NO/c1-3-5-7-10-16-11-8-14-19(20-16)15-9-13-18(21)17(19)12-6-4-2/h3-4,16-18,20-21H,1-2,5-15H2. The van der Waals surface area contributed by atoms with Gasteiger partial charge in [-0.2, -0.15) is 0 Å². The summed E-state index contributed by atoms with van der Waals surface area (Å²) in [7, 11) is 0. The molecule has 120 valence electrons. The van der Waals surface area contributed by atoms with Crippen molar-refractivity contribution in [2.45, 2.75) is 88.3 Å². The lowest BCUT2D eigenvalue weighted by Gasteiger charge is -2.52. The van der Waals surface area contributed by atoms with E-state index in [-0.39, 0.29) is 11.6 Å². The van der Waals surface area contributed by atoms with Crippen molar-refractivity contribution in [1.29, 1.82) is 0 Å². The molecule has 2 nitrogen and oxygen atoms in total. The Morgan fingerprint density at radius 3 is 2.48 bits per heavy atom. The molecule has 0 aromatic heterocycles.